The van der Waals surface area contributed by atoms with E-state index in [9.17, 15) is 13.2 Å². The Kier molecular flexibility index (Phi) is 16.1. The van der Waals surface area contributed by atoms with Crippen LogP contribution in [0.2, 0.25) is 0 Å². The van der Waals surface area contributed by atoms with Gasteiger partial charge in [-0.1, -0.05) is 87.3 Å². The number of hydrogen-bond acceptors (Lipinski definition) is 12. The standard InChI is InChI=1S/C21H20N2O.C21H19N2O.2C12H10N.CHF3O3S.2CH4O.2Ir/c2*1-12(2)15-9-10-22-18(11-15)16-7-5-13(3)19-17-8-6-14(4)23-21(17)24-20(16)19;2*1-10-7-8-12(13-9-10)11-5-3-2-4-6-11;2-1(3,4)8(5,6)7;2*1-2;;/h5-12H,1-4H3;5-6,8-12H,1-4H3;2*2-5,7-9H,1H3;(H,5,6,7);2*2H,1H3;;/q;3*-1;;;;;/i2*1D3,3D3,4D3,12D;2*1D3;;;;;. The van der Waals surface area contributed by atoms with Crippen LogP contribution in [-0.2, 0) is 50.3 Å². The molecule has 88 heavy (non-hydrogen) atoms. The quantitative estimate of drug-likeness (QED) is 0.0808. The van der Waals surface area contributed by atoms with Gasteiger partial charge in [0.05, 0.1) is 11.3 Å². The maximum Gasteiger partial charge on any atom is 0.522 e. The maximum absolute atomic E-state index is 10.7. The van der Waals surface area contributed by atoms with Crippen molar-refractivity contribution in [1.29, 1.82) is 0 Å². The molecular formula is C69H68F3Ir2N6O7S-3. The minimum absolute atomic E-state index is 0. The molecule has 12 rings (SSSR count). The first kappa shape index (κ1) is 42.3. The van der Waals surface area contributed by atoms with Crippen molar-refractivity contribution in [3.05, 3.63) is 227 Å². The van der Waals surface area contributed by atoms with Gasteiger partial charge in [-0.05, 0) is 134 Å². The van der Waals surface area contributed by atoms with Crippen molar-refractivity contribution in [2.24, 2.45) is 0 Å². The van der Waals surface area contributed by atoms with Crippen LogP contribution in [0, 0.1) is 59.3 Å². The maximum atomic E-state index is 10.7. The van der Waals surface area contributed by atoms with Crippen LogP contribution in [0.15, 0.2) is 173 Å². The molecule has 3 N–H and O–H groups in total. The number of aliphatic hydroxyl groups is 2. The SMILES string of the molecule is CO.CO.O=S(=O)(O)C(F)(F)F.[2H]C([2H])([2H])c1ccc(-c2[c-]cccc2)nc1.[2H]C([2H])([2H])c1ccc(-c2[c-]cccc2)nc1.[2H]C([2H])([2H])c1ccc2c(n1)oc1c(-c3cc(C([2H])(C)C([2H])([2H])[2H])ccn3)[c-]cc(C([2H])([2H])[2H])c12.[2H]C([2H])([2H])c1ccc2c(n1)oc1c(-c3cc(C([2H])(C)C([2H])([2H])[2H])ccn3)ccc(C([2H])([2H])[2H])c12.[Ir].[Ir]. The summed E-state index contributed by atoms with van der Waals surface area (Å²) in [7, 11) is -3.84. The zero-order chi connectivity index (χ0) is 84.7. The molecular weight excluding hydrogens is 1500 g/mol. The van der Waals surface area contributed by atoms with Gasteiger partial charge in [0, 0.05) is 148 Å². The number of fused-ring (bicyclic) bond motifs is 6. The molecule has 0 saturated heterocycles. The summed E-state index contributed by atoms with van der Waals surface area (Å²) in [6.45, 7) is -16.8. The Morgan fingerprint density at radius 1 is 0.557 bits per heavy atom. The predicted molar refractivity (Wildman–Crippen MR) is 336 cm³/mol. The van der Waals surface area contributed by atoms with E-state index in [1.807, 2.05) is 36.4 Å². The minimum atomic E-state index is -5.84. The fourth-order valence-electron chi connectivity index (χ4n) is 7.68. The van der Waals surface area contributed by atoms with E-state index in [1.54, 1.807) is 36.4 Å². The van der Waals surface area contributed by atoms with Crippen molar-refractivity contribution in [2.75, 3.05) is 14.2 Å². The second-order valence-electron chi connectivity index (χ2n) is 17.4. The van der Waals surface area contributed by atoms with Crippen molar-refractivity contribution in [2.45, 2.75) is 86.0 Å². The van der Waals surface area contributed by atoms with Crippen molar-refractivity contribution in [1.82, 2.24) is 29.9 Å². The summed E-state index contributed by atoms with van der Waals surface area (Å²) in [6, 6.07) is 45.9. The van der Waals surface area contributed by atoms with E-state index < -0.39 is 82.2 Å². The van der Waals surface area contributed by atoms with Gasteiger partial charge >= 0.3 is 15.6 Å². The van der Waals surface area contributed by atoms with Gasteiger partial charge in [-0.15, -0.1) is 89.5 Å². The van der Waals surface area contributed by atoms with Crippen LogP contribution in [0.25, 0.3) is 89.2 Å². The average Bonchev–Trinajstić information content (AvgIpc) is 1.57. The van der Waals surface area contributed by atoms with Crippen molar-refractivity contribution in [3.8, 4) is 45.0 Å². The number of nitrogens with zero attached hydrogens (tertiary/aromatic N) is 6. The molecule has 0 bridgehead atoms. The Balaban J connectivity index is 0.000000317. The van der Waals surface area contributed by atoms with Crippen molar-refractivity contribution >= 4 is 54.3 Å². The topological polar surface area (TPSA) is 198 Å². The molecule has 8 heterocycles. The van der Waals surface area contributed by atoms with Crippen LogP contribution in [0.4, 0.5) is 13.2 Å². The zero-order valence-electron chi connectivity index (χ0n) is 72.5. The average molecular weight is 1590 g/mol. The monoisotopic (exact) mass is 1590 g/mol. The normalized spacial score (nSPS) is 17.6. The number of furan rings is 2. The Labute approximate surface area is 575 Å². The molecule has 0 aliphatic heterocycles. The van der Waals surface area contributed by atoms with Crippen LogP contribution >= 0.6 is 0 Å². The van der Waals surface area contributed by atoms with Crippen LogP contribution < -0.4 is 0 Å². The summed E-state index contributed by atoms with van der Waals surface area (Å²) in [5.74, 6) is -3.83. The van der Waals surface area contributed by atoms with Gasteiger partial charge < -0.3 is 34.0 Å². The smallest absolute Gasteiger partial charge is 0.486 e. The molecule has 2 radical (unpaired) electrons. The number of halogens is 3. The molecule has 464 valence electrons. The van der Waals surface area contributed by atoms with Gasteiger partial charge in [0.25, 0.3) is 0 Å². The fraction of sp³-hybridized carbons (Fsp3) is 0.217. The van der Waals surface area contributed by atoms with E-state index >= 15 is 0 Å². The van der Waals surface area contributed by atoms with E-state index in [0.717, 1.165) is 36.7 Å². The number of benzene rings is 4. The molecule has 2 unspecified atom stereocenters. The first-order chi connectivity index (χ1) is 51.4. The Morgan fingerprint density at radius 3 is 1.48 bits per heavy atom. The van der Waals surface area contributed by atoms with Crippen molar-refractivity contribution < 1.29 is 121 Å². The Bertz CT molecular complexity index is 5010. The fourth-order valence-corrected chi connectivity index (χ4v) is 7.68. The largest absolute Gasteiger partial charge is 0.522 e. The summed E-state index contributed by atoms with van der Waals surface area (Å²) in [6.07, 6.45) is 5.51. The first-order valence-electron chi connectivity index (χ1n) is 37.8. The number of alkyl halides is 3. The van der Waals surface area contributed by atoms with Crippen LogP contribution in [0.3, 0.4) is 0 Å². The molecule has 0 aliphatic rings. The van der Waals surface area contributed by atoms with E-state index in [-0.39, 0.29) is 135 Å². The second-order valence-corrected chi connectivity index (χ2v) is 18.8. The van der Waals surface area contributed by atoms with Crippen LogP contribution in [0.5, 0.6) is 0 Å². The minimum Gasteiger partial charge on any atom is -0.486 e. The summed E-state index contributed by atoms with van der Waals surface area (Å²) in [5.41, 5.74) is -0.723. The third-order valence-electron chi connectivity index (χ3n) is 11.6. The molecule has 0 saturated carbocycles. The van der Waals surface area contributed by atoms with Gasteiger partial charge in [0.1, 0.15) is 5.58 Å². The third-order valence-corrected chi connectivity index (χ3v) is 12.2. The van der Waals surface area contributed by atoms with Crippen LogP contribution in [0.1, 0.15) is 120 Å². The number of aliphatic hydroxyl groups excluding tert-OH is 2. The number of aryl methyl sites for hydroxylation is 6. The predicted octanol–water partition coefficient (Wildman–Crippen LogP) is 16.7. The molecule has 13 nitrogen and oxygen atoms in total. The van der Waals surface area contributed by atoms with E-state index in [1.165, 1.54) is 105 Å². The molecule has 0 amide bonds. The van der Waals surface area contributed by atoms with Gasteiger partial charge in [0.15, 0.2) is 0 Å². The Morgan fingerprint density at radius 2 is 1.05 bits per heavy atom. The number of aromatic nitrogens is 6. The van der Waals surface area contributed by atoms with E-state index in [0.29, 0.717) is 16.3 Å². The van der Waals surface area contributed by atoms with Gasteiger partial charge in [-0.2, -0.15) is 21.6 Å². The number of hydrogen-bond donors (Lipinski definition) is 3. The number of rotatable bonds is 6. The summed E-state index contributed by atoms with van der Waals surface area (Å²) < 4.78 is 269. The van der Waals surface area contributed by atoms with Crippen LogP contribution in [-0.4, -0.2) is 72.8 Å². The van der Waals surface area contributed by atoms with Gasteiger partial charge in [-0.3, -0.25) is 9.54 Å². The molecule has 0 fully saturated rings. The van der Waals surface area contributed by atoms with Crippen molar-refractivity contribution in [3.63, 3.8) is 0 Å². The van der Waals surface area contributed by atoms with E-state index in [4.69, 9.17) is 67.7 Å². The molecule has 2 atom stereocenters. The molecule has 8 aromatic heterocycles. The Hall–Kier alpha value is -7.70. The zero-order valence-corrected chi connectivity index (χ0v) is 52.1. The summed E-state index contributed by atoms with van der Waals surface area (Å²) in [4.78, 5) is 25.0. The number of pyridine rings is 6. The summed E-state index contributed by atoms with van der Waals surface area (Å²) in [5, 5.41) is 15.1. The van der Waals surface area contributed by atoms with E-state index in [2.05, 4.69) is 48.1 Å². The molecule has 0 spiro atoms. The molecule has 12 aromatic rings. The first-order valence-corrected chi connectivity index (χ1v) is 26.3. The molecule has 19 heteroatoms. The third kappa shape index (κ3) is 18.9. The van der Waals surface area contributed by atoms with Gasteiger partial charge in [0.2, 0.25) is 11.4 Å². The molecule has 4 aromatic carbocycles. The second kappa shape index (κ2) is 33.6. The summed E-state index contributed by atoms with van der Waals surface area (Å²) >= 11 is 0. The van der Waals surface area contributed by atoms with Gasteiger partial charge in [-0.25, -0.2) is 9.97 Å². The molecule has 0 aliphatic carbocycles.